The molecule has 1 aliphatic heterocycles. The number of thiophene rings is 1. The zero-order valence-electron chi connectivity index (χ0n) is 14.1. The third-order valence-corrected chi connectivity index (χ3v) is 6.92. The SMILES string of the molecule is CCCN1C[C@@H](NS(=O)(=O)c2cc(-c3cc(C(F)(F)F)on3)cs2)CC1=O. The van der Waals surface area contributed by atoms with Gasteiger partial charge in [0.2, 0.25) is 21.7 Å². The summed E-state index contributed by atoms with van der Waals surface area (Å²) in [6, 6.07) is 1.40. The average molecular weight is 423 g/mol. The first-order valence-corrected chi connectivity index (χ1v) is 10.4. The van der Waals surface area contributed by atoms with Crippen LogP contribution in [0, 0.1) is 0 Å². The lowest BCUT2D eigenvalue weighted by Gasteiger charge is -2.15. The Labute approximate surface area is 157 Å². The number of alkyl halides is 3. The summed E-state index contributed by atoms with van der Waals surface area (Å²) in [6.07, 6.45) is -3.82. The molecule has 1 fully saturated rings. The molecule has 12 heteroatoms. The van der Waals surface area contributed by atoms with Crippen molar-refractivity contribution in [2.24, 2.45) is 0 Å². The van der Waals surface area contributed by atoms with E-state index in [9.17, 15) is 26.4 Å². The second kappa shape index (κ2) is 7.24. The Morgan fingerprint density at radius 3 is 2.78 bits per heavy atom. The van der Waals surface area contributed by atoms with Crippen molar-refractivity contribution < 1.29 is 30.9 Å². The van der Waals surface area contributed by atoms with Crippen LogP contribution in [0.1, 0.15) is 25.5 Å². The van der Waals surface area contributed by atoms with Crippen molar-refractivity contribution in [1.29, 1.82) is 0 Å². The van der Waals surface area contributed by atoms with Crippen LogP contribution in [0.2, 0.25) is 0 Å². The van der Waals surface area contributed by atoms with Crippen molar-refractivity contribution in [3.05, 3.63) is 23.3 Å². The number of carbonyl (C=O) groups is 1. The molecule has 1 aliphatic rings. The van der Waals surface area contributed by atoms with Crippen LogP contribution in [-0.2, 0) is 21.0 Å². The number of aromatic nitrogens is 1. The van der Waals surface area contributed by atoms with Crippen molar-refractivity contribution in [3.63, 3.8) is 0 Å². The van der Waals surface area contributed by atoms with Crippen LogP contribution < -0.4 is 4.72 Å². The Bertz CT molecular complexity index is 936. The number of sulfonamides is 1. The normalized spacial score (nSPS) is 18.4. The molecule has 0 unspecified atom stereocenters. The minimum absolute atomic E-state index is 0.0737. The molecule has 1 amide bonds. The molecular formula is C15H16F3N3O4S2. The molecule has 0 aliphatic carbocycles. The fourth-order valence-electron chi connectivity index (χ4n) is 2.75. The number of likely N-dealkylation sites (tertiary alicyclic amines) is 1. The van der Waals surface area contributed by atoms with E-state index in [0.29, 0.717) is 19.2 Å². The van der Waals surface area contributed by atoms with Crippen molar-refractivity contribution in [1.82, 2.24) is 14.8 Å². The Kier molecular flexibility index (Phi) is 5.32. The summed E-state index contributed by atoms with van der Waals surface area (Å²) < 4.78 is 69.5. The maximum Gasteiger partial charge on any atom is 0.452 e. The van der Waals surface area contributed by atoms with E-state index >= 15 is 0 Å². The van der Waals surface area contributed by atoms with Gasteiger partial charge in [0, 0.05) is 42.6 Å². The van der Waals surface area contributed by atoms with Gasteiger partial charge >= 0.3 is 6.18 Å². The molecule has 1 N–H and O–H groups in total. The van der Waals surface area contributed by atoms with Gasteiger partial charge < -0.3 is 9.42 Å². The fourth-order valence-corrected chi connectivity index (χ4v) is 5.17. The molecule has 0 bridgehead atoms. The average Bonchev–Trinajstić information content (AvgIpc) is 3.26. The third-order valence-electron chi connectivity index (χ3n) is 3.96. The largest absolute Gasteiger partial charge is 0.452 e. The van der Waals surface area contributed by atoms with Gasteiger partial charge in [0.05, 0.1) is 0 Å². The number of nitrogens with zero attached hydrogens (tertiary/aromatic N) is 2. The highest BCUT2D eigenvalue weighted by Crippen LogP contribution is 2.34. The minimum atomic E-state index is -4.67. The quantitative estimate of drug-likeness (QED) is 0.771. The molecule has 27 heavy (non-hydrogen) atoms. The molecule has 2 aromatic rings. The number of carbonyl (C=O) groups excluding carboxylic acids is 1. The molecule has 148 valence electrons. The van der Waals surface area contributed by atoms with Crippen molar-refractivity contribution in [2.45, 2.75) is 36.2 Å². The summed E-state index contributed by atoms with van der Waals surface area (Å²) in [7, 11) is -3.91. The van der Waals surface area contributed by atoms with E-state index in [1.165, 1.54) is 11.4 Å². The van der Waals surface area contributed by atoms with Gasteiger partial charge in [-0.05, 0) is 12.5 Å². The van der Waals surface area contributed by atoms with E-state index in [2.05, 4.69) is 14.4 Å². The van der Waals surface area contributed by atoms with E-state index < -0.39 is 28.0 Å². The fraction of sp³-hybridized carbons (Fsp3) is 0.467. The molecule has 3 rings (SSSR count). The molecule has 7 nitrogen and oxygen atoms in total. The lowest BCUT2D eigenvalue weighted by Crippen LogP contribution is -2.36. The van der Waals surface area contributed by atoms with Crippen LogP contribution in [0.3, 0.4) is 0 Å². The number of hydrogen-bond acceptors (Lipinski definition) is 6. The van der Waals surface area contributed by atoms with Gasteiger partial charge in [-0.25, -0.2) is 13.1 Å². The second-order valence-electron chi connectivity index (χ2n) is 6.09. The van der Waals surface area contributed by atoms with E-state index in [1.807, 2.05) is 6.92 Å². The topological polar surface area (TPSA) is 92.5 Å². The summed E-state index contributed by atoms with van der Waals surface area (Å²) in [5.74, 6) is -1.37. The van der Waals surface area contributed by atoms with Gasteiger partial charge in [0.25, 0.3) is 0 Å². The van der Waals surface area contributed by atoms with Gasteiger partial charge in [-0.1, -0.05) is 12.1 Å². The maximum atomic E-state index is 12.6. The van der Waals surface area contributed by atoms with Crippen LogP contribution >= 0.6 is 11.3 Å². The van der Waals surface area contributed by atoms with Crippen LogP contribution in [0.15, 0.2) is 26.2 Å². The Morgan fingerprint density at radius 1 is 1.41 bits per heavy atom. The number of rotatable bonds is 6. The van der Waals surface area contributed by atoms with E-state index in [4.69, 9.17) is 0 Å². The lowest BCUT2D eigenvalue weighted by molar-refractivity contribution is -0.155. The smallest absolute Gasteiger partial charge is 0.351 e. The van der Waals surface area contributed by atoms with Crippen LogP contribution in [0.25, 0.3) is 11.3 Å². The van der Waals surface area contributed by atoms with Crippen LogP contribution in [-0.4, -0.2) is 43.5 Å². The number of amides is 1. The predicted octanol–water partition coefficient (Wildman–Crippen LogP) is 2.71. The van der Waals surface area contributed by atoms with Crippen LogP contribution in [0.4, 0.5) is 13.2 Å². The maximum absolute atomic E-state index is 12.6. The lowest BCUT2D eigenvalue weighted by atomic mass is 10.2. The molecule has 0 radical (unpaired) electrons. The summed E-state index contributed by atoms with van der Waals surface area (Å²) in [4.78, 5) is 13.5. The first kappa shape index (κ1) is 19.8. The highest BCUT2D eigenvalue weighted by molar-refractivity contribution is 7.91. The third kappa shape index (κ3) is 4.33. The van der Waals surface area contributed by atoms with Crippen molar-refractivity contribution >= 4 is 27.3 Å². The molecule has 2 aromatic heterocycles. The number of nitrogens with one attached hydrogen (secondary N) is 1. The summed E-state index contributed by atoms with van der Waals surface area (Å²) >= 11 is 0.851. The molecule has 1 saturated heterocycles. The summed E-state index contributed by atoms with van der Waals surface area (Å²) in [5.41, 5.74) is 0.0972. The standard InChI is InChI=1S/C15H16F3N3O4S2/c1-2-3-21-7-10(5-13(21)22)20-27(23,24)14-4-9(8-26-14)11-6-12(25-19-11)15(16,17)18/h4,6,8,10,20H,2-3,5,7H2,1H3/t10-/m0/s1. The zero-order valence-corrected chi connectivity index (χ0v) is 15.7. The van der Waals surface area contributed by atoms with E-state index in [1.54, 1.807) is 4.90 Å². The van der Waals surface area contributed by atoms with Gasteiger partial charge in [0.15, 0.2) is 0 Å². The van der Waals surface area contributed by atoms with Gasteiger partial charge in [-0.2, -0.15) is 13.2 Å². The minimum Gasteiger partial charge on any atom is -0.351 e. The van der Waals surface area contributed by atoms with Gasteiger partial charge in [-0.3, -0.25) is 4.79 Å². The first-order chi connectivity index (χ1) is 12.6. The van der Waals surface area contributed by atoms with Crippen molar-refractivity contribution in [2.75, 3.05) is 13.1 Å². The molecule has 3 heterocycles. The van der Waals surface area contributed by atoms with E-state index in [0.717, 1.165) is 17.8 Å². The van der Waals surface area contributed by atoms with Crippen molar-refractivity contribution in [3.8, 4) is 11.3 Å². The predicted molar refractivity (Wildman–Crippen MR) is 90.4 cm³/mol. The van der Waals surface area contributed by atoms with E-state index in [-0.39, 0.29) is 27.8 Å². The zero-order chi connectivity index (χ0) is 19.8. The second-order valence-corrected chi connectivity index (χ2v) is 8.94. The Hall–Kier alpha value is -1.92. The Balaban J connectivity index is 1.73. The molecular weight excluding hydrogens is 407 g/mol. The summed E-state index contributed by atoms with van der Waals surface area (Å²) in [6.45, 7) is 2.78. The monoisotopic (exact) mass is 423 g/mol. The summed E-state index contributed by atoms with van der Waals surface area (Å²) in [5, 5.41) is 4.72. The first-order valence-electron chi connectivity index (χ1n) is 8.03. The molecule has 0 aromatic carbocycles. The molecule has 0 saturated carbocycles. The van der Waals surface area contributed by atoms with Gasteiger partial charge in [0.1, 0.15) is 9.90 Å². The molecule has 0 spiro atoms. The highest BCUT2D eigenvalue weighted by atomic mass is 32.2. The highest BCUT2D eigenvalue weighted by Gasteiger charge is 2.36. The number of halogens is 3. The van der Waals surface area contributed by atoms with Gasteiger partial charge in [-0.15, -0.1) is 11.3 Å². The molecule has 1 atom stereocenters. The Morgan fingerprint density at radius 2 is 2.15 bits per heavy atom. The number of hydrogen-bond donors (Lipinski definition) is 1. The van der Waals surface area contributed by atoms with Crippen LogP contribution in [0.5, 0.6) is 0 Å².